The van der Waals surface area contributed by atoms with Gasteiger partial charge in [0, 0.05) is 27.5 Å². The maximum atomic E-state index is 5.90. The molecule has 0 atom stereocenters. The van der Waals surface area contributed by atoms with Gasteiger partial charge < -0.3 is 5.32 Å². The Morgan fingerprint density at radius 3 is 2.35 bits per heavy atom. The minimum absolute atomic E-state index is 0.726. The summed E-state index contributed by atoms with van der Waals surface area (Å²) in [7, 11) is 0. The van der Waals surface area contributed by atoms with Gasteiger partial charge >= 0.3 is 0 Å². The lowest BCUT2D eigenvalue weighted by Crippen LogP contribution is -1.96. The van der Waals surface area contributed by atoms with Gasteiger partial charge in [-0.1, -0.05) is 11.6 Å². The minimum atomic E-state index is 0.726. The molecule has 3 rings (SSSR count). The number of benzene rings is 1. The number of fused-ring (bicyclic) bond motifs is 1. The summed E-state index contributed by atoms with van der Waals surface area (Å²) in [4.78, 5) is 8.96. The van der Waals surface area contributed by atoms with Crippen molar-refractivity contribution >= 4 is 34.0 Å². The van der Waals surface area contributed by atoms with E-state index in [0.29, 0.717) is 0 Å². The van der Waals surface area contributed by atoms with E-state index < -0.39 is 0 Å². The molecule has 0 spiro atoms. The summed E-state index contributed by atoms with van der Waals surface area (Å²) in [5.74, 6) is 0. The van der Waals surface area contributed by atoms with Crippen LogP contribution in [-0.4, -0.2) is 9.97 Å². The molecule has 0 radical (unpaired) electrons. The molecule has 0 aliphatic carbocycles. The largest absolute Gasteiger partial charge is 0.355 e. The smallest absolute Gasteiger partial charge is 0.161 e. The third-order valence-corrected chi connectivity index (χ3v) is 3.32. The molecule has 0 amide bonds. The van der Waals surface area contributed by atoms with Gasteiger partial charge in [-0.05, 0) is 56.3 Å². The zero-order chi connectivity index (χ0) is 14.1. The van der Waals surface area contributed by atoms with Crippen LogP contribution in [0.5, 0.6) is 0 Å². The predicted molar refractivity (Wildman–Crippen MR) is 83.7 cm³/mol. The summed E-state index contributed by atoms with van der Waals surface area (Å²) in [5.41, 5.74) is 4.66. The molecule has 3 nitrogen and oxygen atoms in total. The standard InChI is InChI=1S/C16H14ClN3/c1-10-3-8-14-15(9-11(2)19-16(14)18-10)20-13-6-4-12(17)5-7-13/h3-9H,1-2H3,(H,18,19,20). The topological polar surface area (TPSA) is 37.8 Å². The molecule has 0 bridgehead atoms. The van der Waals surface area contributed by atoms with Crippen molar-refractivity contribution in [1.29, 1.82) is 0 Å². The number of hydrogen-bond acceptors (Lipinski definition) is 3. The van der Waals surface area contributed by atoms with Crippen molar-refractivity contribution in [2.45, 2.75) is 13.8 Å². The number of aromatic nitrogens is 2. The molecule has 100 valence electrons. The fourth-order valence-electron chi connectivity index (χ4n) is 2.12. The molecule has 2 heterocycles. The monoisotopic (exact) mass is 283 g/mol. The molecule has 0 saturated carbocycles. The molecule has 3 aromatic rings. The lowest BCUT2D eigenvalue weighted by atomic mass is 10.2. The van der Waals surface area contributed by atoms with Crippen molar-refractivity contribution < 1.29 is 0 Å². The highest BCUT2D eigenvalue weighted by atomic mass is 35.5. The van der Waals surface area contributed by atoms with E-state index in [1.807, 2.05) is 56.3 Å². The molecule has 0 aliphatic rings. The second-order valence-corrected chi connectivity index (χ2v) is 5.20. The van der Waals surface area contributed by atoms with Gasteiger partial charge in [-0.15, -0.1) is 0 Å². The molecule has 0 fully saturated rings. The van der Waals surface area contributed by atoms with Crippen LogP contribution in [0.25, 0.3) is 11.0 Å². The number of halogens is 1. The van der Waals surface area contributed by atoms with Crippen LogP contribution in [0.1, 0.15) is 11.4 Å². The van der Waals surface area contributed by atoms with Crippen LogP contribution in [0.15, 0.2) is 42.5 Å². The molecule has 4 heteroatoms. The Balaban J connectivity index is 2.08. The Morgan fingerprint density at radius 1 is 0.900 bits per heavy atom. The maximum absolute atomic E-state index is 5.90. The van der Waals surface area contributed by atoms with Crippen LogP contribution in [0.2, 0.25) is 5.02 Å². The SMILES string of the molecule is Cc1ccc2c(Nc3ccc(Cl)cc3)cc(C)nc2n1. The van der Waals surface area contributed by atoms with Gasteiger partial charge in [-0.25, -0.2) is 9.97 Å². The molecule has 2 aromatic heterocycles. The average molecular weight is 284 g/mol. The highest BCUT2D eigenvalue weighted by Gasteiger charge is 2.06. The summed E-state index contributed by atoms with van der Waals surface area (Å²) in [5, 5.41) is 5.13. The van der Waals surface area contributed by atoms with Crippen molar-refractivity contribution in [3.05, 3.63) is 58.9 Å². The van der Waals surface area contributed by atoms with E-state index in [4.69, 9.17) is 11.6 Å². The van der Waals surface area contributed by atoms with Gasteiger partial charge in [-0.2, -0.15) is 0 Å². The molecule has 0 unspecified atom stereocenters. The Bertz CT molecular complexity index is 761. The number of pyridine rings is 2. The van der Waals surface area contributed by atoms with Gasteiger partial charge in [0.2, 0.25) is 0 Å². The van der Waals surface area contributed by atoms with Crippen molar-refractivity contribution in [3.8, 4) is 0 Å². The van der Waals surface area contributed by atoms with Gasteiger partial charge in [0.15, 0.2) is 5.65 Å². The summed E-state index contributed by atoms with van der Waals surface area (Å²) >= 11 is 5.90. The molecule has 1 aromatic carbocycles. The maximum Gasteiger partial charge on any atom is 0.161 e. The second kappa shape index (κ2) is 5.10. The number of anilines is 2. The van der Waals surface area contributed by atoms with E-state index in [2.05, 4.69) is 15.3 Å². The normalized spacial score (nSPS) is 10.8. The minimum Gasteiger partial charge on any atom is -0.355 e. The van der Waals surface area contributed by atoms with Gasteiger partial charge in [0.1, 0.15) is 0 Å². The van der Waals surface area contributed by atoms with E-state index in [0.717, 1.165) is 38.8 Å². The van der Waals surface area contributed by atoms with E-state index in [9.17, 15) is 0 Å². The van der Waals surface area contributed by atoms with Gasteiger partial charge in [0.25, 0.3) is 0 Å². The second-order valence-electron chi connectivity index (χ2n) is 4.77. The fourth-order valence-corrected chi connectivity index (χ4v) is 2.24. The van der Waals surface area contributed by atoms with Crippen molar-refractivity contribution in [3.63, 3.8) is 0 Å². The molecule has 0 aliphatic heterocycles. The number of hydrogen-bond donors (Lipinski definition) is 1. The van der Waals surface area contributed by atoms with Crippen molar-refractivity contribution in [2.24, 2.45) is 0 Å². The lowest BCUT2D eigenvalue weighted by Gasteiger charge is -2.11. The first-order chi connectivity index (χ1) is 9.61. The molecule has 0 saturated heterocycles. The van der Waals surface area contributed by atoms with E-state index in [-0.39, 0.29) is 0 Å². The van der Waals surface area contributed by atoms with Crippen molar-refractivity contribution in [2.75, 3.05) is 5.32 Å². The zero-order valence-corrected chi connectivity index (χ0v) is 12.1. The van der Waals surface area contributed by atoms with Gasteiger partial charge in [0.05, 0.1) is 5.69 Å². The highest BCUT2D eigenvalue weighted by molar-refractivity contribution is 6.30. The quantitative estimate of drug-likeness (QED) is 0.744. The summed E-state index contributed by atoms with van der Waals surface area (Å²) in [6, 6.07) is 13.7. The van der Waals surface area contributed by atoms with E-state index in [1.165, 1.54) is 0 Å². The number of rotatable bonds is 2. The first-order valence-electron chi connectivity index (χ1n) is 6.39. The third-order valence-electron chi connectivity index (χ3n) is 3.06. The molecule has 20 heavy (non-hydrogen) atoms. The van der Waals surface area contributed by atoms with Gasteiger partial charge in [-0.3, -0.25) is 0 Å². The summed E-state index contributed by atoms with van der Waals surface area (Å²) in [6.45, 7) is 3.94. The third kappa shape index (κ3) is 2.58. The Morgan fingerprint density at radius 2 is 1.60 bits per heavy atom. The van der Waals surface area contributed by atoms with E-state index >= 15 is 0 Å². The number of nitrogens with one attached hydrogen (secondary N) is 1. The first-order valence-corrected chi connectivity index (χ1v) is 6.77. The van der Waals surface area contributed by atoms with Crippen LogP contribution < -0.4 is 5.32 Å². The Kier molecular flexibility index (Phi) is 3.28. The van der Waals surface area contributed by atoms with E-state index in [1.54, 1.807) is 0 Å². The van der Waals surface area contributed by atoms with Crippen LogP contribution in [0, 0.1) is 13.8 Å². The van der Waals surface area contributed by atoms with Crippen LogP contribution in [-0.2, 0) is 0 Å². The Hall–Kier alpha value is -2.13. The summed E-state index contributed by atoms with van der Waals surface area (Å²) in [6.07, 6.45) is 0. The predicted octanol–water partition coefficient (Wildman–Crippen LogP) is 4.64. The number of aryl methyl sites for hydroxylation is 2. The highest BCUT2D eigenvalue weighted by Crippen LogP contribution is 2.26. The fraction of sp³-hybridized carbons (Fsp3) is 0.125. The lowest BCUT2D eigenvalue weighted by molar-refractivity contribution is 1.16. The zero-order valence-electron chi connectivity index (χ0n) is 11.3. The van der Waals surface area contributed by atoms with Crippen LogP contribution >= 0.6 is 11.6 Å². The molecule has 1 N–H and O–H groups in total. The number of nitrogens with zero attached hydrogens (tertiary/aromatic N) is 2. The Labute approximate surface area is 122 Å². The molecular weight excluding hydrogens is 270 g/mol. The van der Waals surface area contributed by atoms with Crippen LogP contribution in [0.4, 0.5) is 11.4 Å². The van der Waals surface area contributed by atoms with Crippen LogP contribution in [0.3, 0.4) is 0 Å². The first kappa shape index (κ1) is 12.9. The van der Waals surface area contributed by atoms with Crippen molar-refractivity contribution in [1.82, 2.24) is 9.97 Å². The molecular formula is C16H14ClN3. The average Bonchev–Trinajstić information content (AvgIpc) is 2.40. The summed E-state index contributed by atoms with van der Waals surface area (Å²) < 4.78 is 0.